The summed E-state index contributed by atoms with van der Waals surface area (Å²) in [6.45, 7) is 4.93. The summed E-state index contributed by atoms with van der Waals surface area (Å²) >= 11 is 1.44. The van der Waals surface area contributed by atoms with Gasteiger partial charge >= 0.3 is 0 Å². The van der Waals surface area contributed by atoms with Gasteiger partial charge in [-0.2, -0.15) is 0 Å². The molecule has 0 radical (unpaired) electrons. The molecular formula is C27H27N3O2S. The first-order valence-corrected chi connectivity index (χ1v) is 12.3. The first-order valence-electron chi connectivity index (χ1n) is 11.5. The average Bonchev–Trinajstić information content (AvgIpc) is 3.30. The Kier molecular flexibility index (Phi) is 6.20. The molecular weight excluding hydrogens is 430 g/mol. The molecule has 1 fully saturated rings. The van der Waals surface area contributed by atoms with Crippen LogP contribution in [-0.2, 0) is 4.79 Å². The molecule has 1 atom stereocenters. The average molecular weight is 458 g/mol. The predicted octanol–water partition coefficient (Wildman–Crippen LogP) is 5.14. The van der Waals surface area contributed by atoms with Gasteiger partial charge in [-0.25, -0.2) is 0 Å². The number of carbonyl (C=O) groups excluding carboxylic acids is 2. The molecule has 0 spiro atoms. The van der Waals surface area contributed by atoms with Crippen LogP contribution in [-0.4, -0.2) is 42.4 Å². The van der Waals surface area contributed by atoms with Crippen LogP contribution in [0.3, 0.4) is 0 Å². The fourth-order valence-electron chi connectivity index (χ4n) is 4.67. The van der Waals surface area contributed by atoms with Gasteiger partial charge in [0.1, 0.15) is 0 Å². The fraction of sp³-hybridized carbons (Fsp3) is 0.259. The zero-order valence-corrected chi connectivity index (χ0v) is 19.5. The van der Waals surface area contributed by atoms with Gasteiger partial charge in [0.05, 0.1) is 10.6 Å². The van der Waals surface area contributed by atoms with Crippen LogP contribution in [0, 0.1) is 0 Å². The first kappa shape index (κ1) is 21.7. The maximum absolute atomic E-state index is 12.8. The number of likely N-dealkylation sites (N-methyl/N-ethyl adjacent to an activating group) is 1. The van der Waals surface area contributed by atoms with E-state index in [1.54, 1.807) is 6.07 Å². The van der Waals surface area contributed by atoms with Crippen molar-refractivity contribution < 1.29 is 9.59 Å². The predicted molar refractivity (Wildman–Crippen MR) is 135 cm³/mol. The number of nitrogens with one attached hydrogen (secondary N) is 2. The van der Waals surface area contributed by atoms with Crippen molar-refractivity contribution in [3.63, 3.8) is 0 Å². The summed E-state index contributed by atoms with van der Waals surface area (Å²) in [5.41, 5.74) is 2.26. The highest BCUT2D eigenvalue weighted by atomic mass is 32.2. The van der Waals surface area contributed by atoms with Gasteiger partial charge in [-0.3, -0.25) is 14.5 Å². The second-order valence-electron chi connectivity index (χ2n) is 8.48. The highest BCUT2D eigenvalue weighted by molar-refractivity contribution is 8.04. The summed E-state index contributed by atoms with van der Waals surface area (Å²) < 4.78 is 0. The summed E-state index contributed by atoms with van der Waals surface area (Å²) in [6, 6.07) is 20.2. The van der Waals surface area contributed by atoms with E-state index in [1.165, 1.54) is 18.2 Å². The Labute approximate surface area is 198 Å². The SMILES string of the molecule is CCN1CCCC1CNC(=O)c1ccc2c(c1)NC(=O)/C(=C/c1cccc3ccccc13)S2. The quantitative estimate of drug-likeness (QED) is 0.521. The summed E-state index contributed by atoms with van der Waals surface area (Å²) in [7, 11) is 0. The Hall–Kier alpha value is -3.09. The zero-order chi connectivity index (χ0) is 22.8. The molecule has 0 aliphatic carbocycles. The number of nitrogens with zero attached hydrogens (tertiary/aromatic N) is 1. The number of thioether (sulfide) groups is 1. The van der Waals surface area contributed by atoms with Crippen molar-refractivity contribution >= 4 is 46.1 Å². The number of carbonyl (C=O) groups is 2. The Morgan fingerprint density at radius 3 is 2.91 bits per heavy atom. The minimum Gasteiger partial charge on any atom is -0.350 e. The van der Waals surface area contributed by atoms with E-state index in [-0.39, 0.29) is 11.8 Å². The lowest BCUT2D eigenvalue weighted by molar-refractivity contribution is -0.112. The van der Waals surface area contributed by atoms with Crippen molar-refractivity contribution in [2.45, 2.75) is 30.7 Å². The van der Waals surface area contributed by atoms with E-state index in [4.69, 9.17) is 0 Å². The number of hydrogen-bond donors (Lipinski definition) is 2. The van der Waals surface area contributed by atoms with E-state index in [1.807, 2.05) is 42.5 Å². The Balaban J connectivity index is 1.32. The number of amides is 2. The van der Waals surface area contributed by atoms with Gasteiger partial charge < -0.3 is 10.6 Å². The highest BCUT2D eigenvalue weighted by Crippen LogP contribution is 2.39. The van der Waals surface area contributed by atoms with Crippen LogP contribution >= 0.6 is 11.8 Å². The molecule has 33 heavy (non-hydrogen) atoms. The molecule has 3 aromatic rings. The van der Waals surface area contributed by atoms with Gasteiger partial charge in [-0.1, -0.05) is 61.2 Å². The van der Waals surface area contributed by atoms with Crippen molar-refractivity contribution in [2.24, 2.45) is 0 Å². The molecule has 1 saturated heterocycles. The van der Waals surface area contributed by atoms with Crippen molar-refractivity contribution in [2.75, 3.05) is 25.0 Å². The van der Waals surface area contributed by atoms with Crippen LogP contribution in [0.25, 0.3) is 16.8 Å². The van der Waals surface area contributed by atoms with Crippen LogP contribution in [0.4, 0.5) is 5.69 Å². The Bertz CT molecular complexity index is 1250. The smallest absolute Gasteiger partial charge is 0.262 e. The fourth-order valence-corrected chi connectivity index (χ4v) is 5.60. The number of hydrogen-bond acceptors (Lipinski definition) is 4. The third-order valence-electron chi connectivity index (χ3n) is 6.45. The lowest BCUT2D eigenvalue weighted by atomic mass is 10.0. The van der Waals surface area contributed by atoms with Gasteiger partial charge in [-0.05, 0) is 66.5 Å². The molecule has 2 N–H and O–H groups in total. The van der Waals surface area contributed by atoms with Crippen molar-refractivity contribution in [3.05, 3.63) is 76.7 Å². The van der Waals surface area contributed by atoms with Crippen molar-refractivity contribution in [3.8, 4) is 0 Å². The lowest BCUT2D eigenvalue weighted by Gasteiger charge is -2.23. The Morgan fingerprint density at radius 1 is 1.18 bits per heavy atom. The standard InChI is InChI=1S/C27H27N3O2S/c1-2-30-14-6-10-21(30)17-28-26(31)20-12-13-24-23(15-20)29-27(32)25(33-24)16-19-9-5-8-18-7-3-4-11-22(18)19/h3-5,7-9,11-13,15-16,21H,2,6,10,14,17H2,1H3,(H,28,31)(H,29,32)/b25-16-. The van der Waals surface area contributed by atoms with E-state index in [2.05, 4.69) is 40.7 Å². The van der Waals surface area contributed by atoms with Crippen LogP contribution < -0.4 is 10.6 Å². The van der Waals surface area contributed by atoms with Crippen molar-refractivity contribution in [1.82, 2.24) is 10.2 Å². The molecule has 1 unspecified atom stereocenters. The monoisotopic (exact) mass is 457 g/mol. The van der Waals surface area contributed by atoms with Gasteiger partial charge in [0.25, 0.3) is 11.8 Å². The van der Waals surface area contributed by atoms with Gasteiger partial charge in [0.15, 0.2) is 0 Å². The molecule has 6 heteroatoms. The van der Waals surface area contributed by atoms with E-state index >= 15 is 0 Å². The molecule has 0 aromatic heterocycles. The van der Waals surface area contributed by atoms with E-state index in [9.17, 15) is 9.59 Å². The van der Waals surface area contributed by atoms with Gasteiger partial charge in [0, 0.05) is 23.0 Å². The maximum Gasteiger partial charge on any atom is 0.262 e. The number of benzene rings is 3. The molecule has 5 rings (SSSR count). The number of anilines is 1. The van der Waals surface area contributed by atoms with Gasteiger partial charge in [0.2, 0.25) is 0 Å². The minimum absolute atomic E-state index is 0.0999. The minimum atomic E-state index is -0.150. The zero-order valence-electron chi connectivity index (χ0n) is 18.6. The van der Waals surface area contributed by atoms with Crippen molar-refractivity contribution in [1.29, 1.82) is 0 Å². The highest BCUT2D eigenvalue weighted by Gasteiger charge is 2.25. The van der Waals surface area contributed by atoms with Crippen LogP contribution in [0.2, 0.25) is 0 Å². The maximum atomic E-state index is 12.8. The molecule has 168 valence electrons. The Morgan fingerprint density at radius 2 is 2.03 bits per heavy atom. The topological polar surface area (TPSA) is 61.4 Å². The van der Waals surface area contributed by atoms with E-state index in [0.29, 0.717) is 28.7 Å². The summed E-state index contributed by atoms with van der Waals surface area (Å²) in [5.74, 6) is -0.250. The molecule has 5 nitrogen and oxygen atoms in total. The molecule has 2 amide bonds. The van der Waals surface area contributed by atoms with E-state index in [0.717, 1.165) is 40.7 Å². The normalized spacial score (nSPS) is 19.5. The third-order valence-corrected chi connectivity index (χ3v) is 7.55. The summed E-state index contributed by atoms with van der Waals surface area (Å²) in [4.78, 5) is 29.6. The first-order chi connectivity index (χ1) is 16.1. The van der Waals surface area contributed by atoms with Crippen LogP contribution in [0.1, 0.15) is 35.7 Å². The largest absolute Gasteiger partial charge is 0.350 e. The number of rotatable bonds is 5. The van der Waals surface area contributed by atoms with E-state index < -0.39 is 0 Å². The molecule has 3 aromatic carbocycles. The molecule has 0 bridgehead atoms. The van der Waals surface area contributed by atoms with Gasteiger partial charge in [-0.15, -0.1) is 0 Å². The molecule has 2 heterocycles. The molecule has 2 aliphatic rings. The lowest BCUT2D eigenvalue weighted by Crippen LogP contribution is -2.40. The van der Waals surface area contributed by atoms with Crippen LogP contribution in [0.15, 0.2) is 70.5 Å². The second kappa shape index (κ2) is 9.41. The second-order valence-corrected chi connectivity index (χ2v) is 9.56. The van der Waals surface area contributed by atoms with Crippen LogP contribution in [0.5, 0.6) is 0 Å². The number of fused-ring (bicyclic) bond motifs is 2. The summed E-state index contributed by atoms with van der Waals surface area (Å²) in [6.07, 6.45) is 4.24. The number of likely N-dealkylation sites (tertiary alicyclic amines) is 1. The summed E-state index contributed by atoms with van der Waals surface area (Å²) in [5, 5.41) is 8.30. The molecule has 0 saturated carbocycles. The third kappa shape index (κ3) is 4.54. The molecule has 2 aliphatic heterocycles.